The van der Waals surface area contributed by atoms with Gasteiger partial charge in [-0.3, -0.25) is 4.79 Å². The van der Waals surface area contributed by atoms with Crippen LogP contribution in [0.4, 0.5) is 13.2 Å². The van der Waals surface area contributed by atoms with Crippen molar-refractivity contribution in [1.29, 1.82) is 0 Å². The van der Waals surface area contributed by atoms with Gasteiger partial charge in [0.2, 0.25) is 5.91 Å². The number of carbonyl (C=O) groups excluding carboxylic acids is 1. The van der Waals surface area contributed by atoms with Crippen molar-refractivity contribution in [3.8, 4) is 0 Å². The Balaban J connectivity index is 0.00000115. The van der Waals surface area contributed by atoms with Crippen LogP contribution < -0.4 is 5.32 Å². The summed E-state index contributed by atoms with van der Waals surface area (Å²) in [5, 5.41) is 3.71. The number of carbonyl (C=O) groups is 1. The lowest BCUT2D eigenvalue weighted by molar-refractivity contribution is -0.137. The normalized spacial score (nSPS) is 26.7. The van der Waals surface area contributed by atoms with Crippen molar-refractivity contribution in [2.75, 3.05) is 32.9 Å². The van der Waals surface area contributed by atoms with Gasteiger partial charge < -0.3 is 19.7 Å². The van der Waals surface area contributed by atoms with Gasteiger partial charge in [-0.25, -0.2) is 0 Å². The Morgan fingerprint density at radius 3 is 2.64 bits per heavy atom. The molecule has 5 nitrogen and oxygen atoms in total. The molecule has 0 bridgehead atoms. The maximum Gasteiger partial charge on any atom is 0.416 e. The van der Waals surface area contributed by atoms with E-state index in [0.717, 1.165) is 43.9 Å². The van der Waals surface area contributed by atoms with Crippen molar-refractivity contribution < 1.29 is 27.4 Å². The zero-order valence-corrected chi connectivity index (χ0v) is 21.8. The molecule has 1 N–H and O–H groups in total. The van der Waals surface area contributed by atoms with E-state index in [1.54, 1.807) is 6.07 Å². The van der Waals surface area contributed by atoms with Crippen LogP contribution in [0.25, 0.3) is 5.57 Å². The van der Waals surface area contributed by atoms with E-state index in [2.05, 4.69) is 19.2 Å². The van der Waals surface area contributed by atoms with E-state index in [9.17, 15) is 18.0 Å². The lowest BCUT2D eigenvalue weighted by Crippen LogP contribution is -2.51. The van der Waals surface area contributed by atoms with E-state index in [0.29, 0.717) is 44.3 Å². The maximum atomic E-state index is 13.1. The summed E-state index contributed by atoms with van der Waals surface area (Å²) >= 11 is 0. The molecule has 1 aliphatic carbocycles. The summed E-state index contributed by atoms with van der Waals surface area (Å²) in [4.78, 5) is 15.0. The van der Waals surface area contributed by atoms with Gasteiger partial charge in [0, 0.05) is 44.3 Å². The third-order valence-corrected chi connectivity index (χ3v) is 7.00. The first-order chi connectivity index (χ1) is 17.3. The first kappa shape index (κ1) is 28.7. The average molecular weight is 511 g/mol. The van der Waals surface area contributed by atoms with Crippen LogP contribution in [0.2, 0.25) is 0 Å². The van der Waals surface area contributed by atoms with Gasteiger partial charge in [-0.05, 0) is 62.3 Å². The first-order valence-corrected chi connectivity index (χ1v) is 13.4. The number of halogens is 3. The Labute approximate surface area is 213 Å². The van der Waals surface area contributed by atoms with Gasteiger partial charge in [0.25, 0.3) is 0 Å². The molecule has 4 rings (SSSR count). The van der Waals surface area contributed by atoms with Crippen molar-refractivity contribution >= 4 is 11.5 Å². The van der Waals surface area contributed by atoms with Crippen molar-refractivity contribution in [3.63, 3.8) is 0 Å². The van der Waals surface area contributed by atoms with Crippen LogP contribution in [0, 0.1) is 5.92 Å². The van der Waals surface area contributed by atoms with E-state index < -0.39 is 11.7 Å². The molecule has 2 heterocycles. The number of ether oxygens (including phenoxy) is 2. The molecule has 1 amide bonds. The fourth-order valence-corrected chi connectivity index (χ4v) is 5.23. The molecule has 2 fully saturated rings. The quantitative estimate of drug-likeness (QED) is 0.534. The highest BCUT2D eigenvalue weighted by Gasteiger charge is 2.36. The molecule has 1 saturated carbocycles. The summed E-state index contributed by atoms with van der Waals surface area (Å²) in [7, 11) is 0. The molecule has 1 saturated heterocycles. The minimum Gasteiger partial charge on any atom is -0.379 e. The SMILES string of the molecule is CCC.CCOC1COCCC1NC1CCC(C(=O)N2CC=C(c3cccc(C(F)(F)F)c3)CC2)C1. The second-order valence-corrected chi connectivity index (χ2v) is 9.89. The fourth-order valence-electron chi connectivity index (χ4n) is 5.23. The number of rotatable bonds is 6. The molecular weight excluding hydrogens is 469 g/mol. The molecule has 4 atom stereocenters. The number of nitrogens with zero attached hydrogens (tertiary/aromatic N) is 1. The van der Waals surface area contributed by atoms with E-state index >= 15 is 0 Å². The Morgan fingerprint density at radius 2 is 1.97 bits per heavy atom. The standard InChI is InChI=1S/C25H33F3N2O3.C3H8/c1-2-33-23-16-32-13-10-22(23)29-21-7-6-19(15-21)24(31)30-11-8-17(9-12-30)18-4-3-5-20(14-18)25(26,27)28;1-3-2/h3-5,8,14,19,21-23,29H,2,6-7,9-13,15-16H2,1H3;3H2,1-2H3. The summed E-state index contributed by atoms with van der Waals surface area (Å²) < 4.78 is 50.4. The van der Waals surface area contributed by atoms with E-state index in [1.165, 1.54) is 18.6 Å². The monoisotopic (exact) mass is 510 g/mol. The first-order valence-electron chi connectivity index (χ1n) is 13.4. The zero-order chi connectivity index (χ0) is 26.1. The highest BCUT2D eigenvalue weighted by molar-refractivity contribution is 5.81. The molecule has 0 spiro atoms. The summed E-state index contributed by atoms with van der Waals surface area (Å²) in [5.74, 6) is 0.156. The van der Waals surface area contributed by atoms with Crippen LogP contribution in [-0.2, 0) is 20.4 Å². The van der Waals surface area contributed by atoms with E-state index in [1.807, 2.05) is 17.9 Å². The minimum absolute atomic E-state index is 0.00334. The molecular formula is C28H41F3N2O3. The Hall–Kier alpha value is -1.90. The van der Waals surface area contributed by atoms with Crippen molar-refractivity contribution in [2.24, 2.45) is 5.92 Å². The van der Waals surface area contributed by atoms with Gasteiger partial charge in [-0.1, -0.05) is 38.5 Å². The van der Waals surface area contributed by atoms with Crippen LogP contribution in [0.1, 0.15) is 70.4 Å². The molecule has 8 heteroatoms. The number of benzene rings is 1. The number of amides is 1. The number of nitrogens with one attached hydrogen (secondary N) is 1. The lowest BCUT2D eigenvalue weighted by Gasteiger charge is -2.34. The average Bonchev–Trinajstić information content (AvgIpc) is 3.34. The molecule has 202 valence electrons. The van der Waals surface area contributed by atoms with Gasteiger partial charge in [0.15, 0.2) is 0 Å². The number of hydrogen-bond acceptors (Lipinski definition) is 4. The van der Waals surface area contributed by atoms with Crippen LogP contribution in [0.15, 0.2) is 30.3 Å². The topological polar surface area (TPSA) is 50.8 Å². The molecule has 4 unspecified atom stereocenters. The molecule has 36 heavy (non-hydrogen) atoms. The van der Waals surface area contributed by atoms with Gasteiger partial charge in [-0.15, -0.1) is 0 Å². The molecule has 3 aliphatic rings. The third-order valence-electron chi connectivity index (χ3n) is 7.00. The predicted octanol–water partition coefficient (Wildman–Crippen LogP) is 5.69. The molecule has 1 aromatic rings. The van der Waals surface area contributed by atoms with Crippen molar-refractivity contribution in [3.05, 3.63) is 41.5 Å². The second kappa shape index (κ2) is 13.6. The van der Waals surface area contributed by atoms with E-state index in [4.69, 9.17) is 9.47 Å². The number of hydrogen-bond donors (Lipinski definition) is 1. The smallest absolute Gasteiger partial charge is 0.379 e. The largest absolute Gasteiger partial charge is 0.416 e. The molecule has 1 aromatic carbocycles. The zero-order valence-electron chi connectivity index (χ0n) is 21.8. The van der Waals surface area contributed by atoms with Crippen LogP contribution in [-0.4, -0.2) is 61.9 Å². The van der Waals surface area contributed by atoms with Crippen molar-refractivity contribution in [1.82, 2.24) is 10.2 Å². The summed E-state index contributed by atoms with van der Waals surface area (Å²) in [6, 6.07) is 5.98. The number of alkyl halides is 3. The molecule has 2 aliphatic heterocycles. The fraction of sp³-hybridized carbons (Fsp3) is 0.679. The summed E-state index contributed by atoms with van der Waals surface area (Å²) in [6.45, 7) is 9.22. The minimum atomic E-state index is -4.35. The highest BCUT2D eigenvalue weighted by Crippen LogP contribution is 2.33. The summed E-state index contributed by atoms with van der Waals surface area (Å²) in [5.41, 5.74) is 0.819. The predicted molar refractivity (Wildman–Crippen MR) is 135 cm³/mol. The second-order valence-electron chi connectivity index (χ2n) is 9.89. The van der Waals surface area contributed by atoms with Gasteiger partial charge >= 0.3 is 6.18 Å². The Morgan fingerprint density at radius 1 is 1.19 bits per heavy atom. The maximum absolute atomic E-state index is 13.1. The molecule has 0 radical (unpaired) electrons. The highest BCUT2D eigenvalue weighted by atomic mass is 19.4. The van der Waals surface area contributed by atoms with Gasteiger partial charge in [0.1, 0.15) is 0 Å². The lowest BCUT2D eigenvalue weighted by atomic mass is 9.96. The Kier molecular flexibility index (Phi) is 10.8. The van der Waals surface area contributed by atoms with Gasteiger partial charge in [-0.2, -0.15) is 13.2 Å². The Bertz CT molecular complexity index is 872. The summed E-state index contributed by atoms with van der Waals surface area (Å²) in [6.07, 6.45) is 2.97. The molecule has 0 aromatic heterocycles. The van der Waals surface area contributed by atoms with E-state index in [-0.39, 0.29) is 24.0 Å². The third kappa shape index (κ3) is 7.80. The van der Waals surface area contributed by atoms with Crippen LogP contribution >= 0.6 is 0 Å². The van der Waals surface area contributed by atoms with Gasteiger partial charge in [0.05, 0.1) is 18.3 Å². The van der Waals surface area contributed by atoms with Crippen LogP contribution in [0.5, 0.6) is 0 Å². The van der Waals surface area contributed by atoms with Crippen LogP contribution in [0.3, 0.4) is 0 Å². The van der Waals surface area contributed by atoms with Crippen molar-refractivity contribution in [2.45, 2.75) is 83.7 Å².